The van der Waals surface area contributed by atoms with Crippen LogP contribution in [-0.4, -0.2) is 21.1 Å². The number of nitrogens with zero attached hydrogens (tertiary/aromatic N) is 2. The van der Waals surface area contributed by atoms with Crippen LogP contribution in [0.4, 0.5) is 0 Å². The number of ketones is 2. The summed E-state index contributed by atoms with van der Waals surface area (Å²) in [6, 6.07) is 17.6. The molecule has 0 fully saturated rings. The summed E-state index contributed by atoms with van der Waals surface area (Å²) in [7, 11) is 0. The van der Waals surface area contributed by atoms with E-state index >= 15 is 0 Å². The predicted molar refractivity (Wildman–Crippen MR) is 124 cm³/mol. The zero-order chi connectivity index (χ0) is 22.7. The summed E-state index contributed by atoms with van der Waals surface area (Å²) in [6.07, 6.45) is 3.09. The van der Waals surface area contributed by atoms with E-state index in [9.17, 15) is 9.59 Å². The van der Waals surface area contributed by atoms with Gasteiger partial charge in [0, 0.05) is 22.9 Å². The van der Waals surface area contributed by atoms with E-state index in [0.717, 1.165) is 5.69 Å². The molecule has 0 bridgehead atoms. The summed E-state index contributed by atoms with van der Waals surface area (Å²) < 4.78 is 13.1. The second-order valence-electron chi connectivity index (χ2n) is 7.45. The number of fused-ring (bicyclic) bond motifs is 2. The van der Waals surface area contributed by atoms with E-state index < -0.39 is 11.6 Å². The van der Waals surface area contributed by atoms with Crippen molar-refractivity contribution in [3.63, 3.8) is 0 Å². The number of oxazole rings is 1. The van der Waals surface area contributed by atoms with Crippen molar-refractivity contribution in [1.82, 2.24) is 9.55 Å². The Morgan fingerprint density at radius 3 is 2.21 bits per heavy atom. The van der Waals surface area contributed by atoms with Gasteiger partial charge in [0.2, 0.25) is 0 Å². The van der Waals surface area contributed by atoms with Crippen molar-refractivity contribution in [3.05, 3.63) is 99.4 Å². The van der Waals surface area contributed by atoms with Crippen LogP contribution in [0, 0.1) is 0 Å². The van der Waals surface area contributed by atoms with Crippen LogP contribution >= 0.6 is 23.2 Å². The molecule has 0 unspecified atom stereocenters. The summed E-state index contributed by atoms with van der Waals surface area (Å²) in [6.45, 7) is 0. The number of aromatic nitrogens is 2. The van der Waals surface area contributed by atoms with Crippen LogP contribution in [0.1, 0.15) is 26.4 Å². The highest BCUT2D eigenvalue weighted by molar-refractivity contribution is 6.46. The van der Waals surface area contributed by atoms with Crippen LogP contribution in [0.2, 0.25) is 10.0 Å². The largest absolute Gasteiger partial charge is 0.459 e. The molecule has 33 heavy (non-hydrogen) atoms. The van der Waals surface area contributed by atoms with E-state index in [-0.39, 0.29) is 26.7 Å². The number of Topliss-reactive ketones (excluding diaryl/α,β-unsaturated/α-hetero) is 2. The second kappa shape index (κ2) is 7.33. The number of rotatable bonds is 3. The summed E-state index contributed by atoms with van der Waals surface area (Å²) >= 11 is 12.1. The highest BCUT2D eigenvalue weighted by Gasteiger charge is 2.34. The lowest BCUT2D eigenvalue weighted by Crippen LogP contribution is -2.03. The fraction of sp³-hybridized carbons (Fsp3) is 0. The Kier molecular flexibility index (Phi) is 4.40. The maximum atomic E-state index is 13.0. The maximum absolute atomic E-state index is 13.0. The third-order valence-corrected chi connectivity index (χ3v) is 6.18. The predicted octanol–water partition coefficient (Wildman–Crippen LogP) is 6.65. The van der Waals surface area contributed by atoms with Gasteiger partial charge in [-0.05, 0) is 42.5 Å². The lowest BCUT2D eigenvalue weighted by atomic mass is 10.1. The molecule has 0 saturated carbocycles. The monoisotopic (exact) mass is 474 g/mol. The van der Waals surface area contributed by atoms with Gasteiger partial charge in [0.15, 0.2) is 28.6 Å². The van der Waals surface area contributed by atoms with Gasteiger partial charge in [-0.3, -0.25) is 14.2 Å². The lowest BCUT2D eigenvalue weighted by molar-refractivity contribution is 0.0990. The van der Waals surface area contributed by atoms with Crippen molar-refractivity contribution >= 4 is 52.1 Å². The van der Waals surface area contributed by atoms with Crippen LogP contribution in [-0.2, 0) is 0 Å². The minimum absolute atomic E-state index is 0.0203. The van der Waals surface area contributed by atoms with Gasteiger partial charge in [0.25, 0.3) is 5.89 Å². The fourth-order valence-corrected chi connectivity index (χ4v) is 4.28. The minimum atomic E-state index is -0.407. The number of halogens is 2. The maximum Gasteiger partial charge on any atom is 0.265 e. The second-order valence-corrected chi connectivity index (χ2v) is 8.27. The van der Waals surface area contributed by atoms with Crippen LogP contribution in [0.25, 0.3) is 34.6 Å². The Hall–Kier alpha value is -3.87. The molecule has 0 atom stereocenters. The van der Waals surface area contributed by atoms with Gasteiger partial charge in [-0.2, -0.15) is 4.98 Å². The molecule has 1 aliphatic carbocycles. The molecule has 0 amide bonds. The summed E-state index contributed by atoms with van der Waals surface area (Å²) in [5.74, 6) is 0.0140. The molecule has 2 aromatic carbocycles. The normalized spacial score (nSPS) is 13.2. The first-order valence-electron chi connectivity index (χ1n) is 9.93. The smallest absolute Gasteiger partial charge is 0.265 e. The number of hydrogen-bond acceptors (Lipinski definition) is 5. The molecule has 0 radical (unpaired) electrons. The van der Waals surface area contributed by atoms with Crippen molar-refractivity contribution in [1.29, 1.82) is 0 Å². The number of para-hydroxylation sites is 1. The van der Waals surface area contributed by atoms with Crippen LogP contribution in [0.3, 0.4) is 0 Å². The van der Waals surface area contributed by atoms with Gasteiger partial charge in [-0.25, -0.2) is 0 Å². The number of carbonyl (C=O) groups excluding carboxylic acids is 2. The Labute approximate surface area is 196 Å². The van der Waals surface area contributed by atoms with Gasteiger partial charge in [0.1, 0.15) is 0 Å². The summed E-state index contributed by atoms with van der Waals surface area (Å²) in [4.78, 5) is 30.7. The summed E-state index contributed by atoms with van der Waals surface area (Å²) in [5.41, 5.74) is 2.86. The first kappa shape index (κ1) is 19.8. The molecule has 3 heterocycles. The highest BCUT2D eigenvalue weighted by Crippen LogP contribution is 2.36. The minimum Gasteiger partial charge on any atom is -0.459 e. The third kappa shape index (κ3) is 3.07. The van der Waals surface area contributed by atoms with Gasteiger partial charge >= 0.3 is 0 Å². The van der Waals surface area contributed by atoms with E-state index in [1.54, 1.807) is 30.5 Å². The molecule has 0 aliphatic heterocycles. The average Bonchev–Trinajstić information content (AvgIpc) is 3.57. The quantitative estimate of drug-likeness (QED) is 0.216. The molecule has 6 rings (SSSR count). The van der Waals surface area contributed by atoms with Gasteiger partial charge in [-0.1, -0.05) is 41.4 Å². The van der Waals surface area contributed by atoms with E-state index in [4.69, 9.17) is 32.0 Å². The van der Waals surface area contributed by atoms with E-state index in [1.807, 2.05) is 34.9 Å². The molecule has 3 aromatic heterocycles. The highest BCUT2D eigenvalue weighted by atomic mass is 35.5. The molecule has 160 valence electrons. The van der Waals surface area contributed by atoms with Crippen LogP contribution in [0.15, 0.2) is 81.3 Å². The zero-order valence-electron chi connectivity index (χ0n) is 16.7. The fourth-order valence-electron chi connectivity index (χ4n) is 3.95. The SMILES string of the molecule is O=C1C(=Cc2cc3oc(-c4ccco4)nc3n2-c2ccccc2)C(=O)c2cc(Cl)c(Cl)cc21. The number of furan rings is 1. The van der Waals surface area contributed by atoms with Crippen molar-refractivity contribution in [2.75, 3.05) is 0 Å². The van der Waals surface area contributed by atoms with Crippen LogP contribution in [0.5, 0.6) is 0 Å². The Morgan fingerprint density at radius 2 is 1.58 bits per heavy atom. The molecule has 0 saturated heterocycles. The average molecular weight is 475 g/mol. The summed E-state index contributed by atoms with van der Waals surface area (Å²) in [5, 5.41) is 0.440. The standard InChI is InChI=1S/C25H12Cl2N2O4/c26-18-11-15-16(12-19(18)27)23(31)17(22(15)30)9-14-10-21-24(29(14)13-5-2-1-3-6-13)28-25(33-21)20-7-4-8-32-20/h1-12H. The molecule has 0 spiro atoms. The Bertz CT molecular complexity index is 1570. The zero-order valence-corrected chi connectivity index (χ0v) is 18.2. The topological polar surface area (TPSA) is 78.2 Å². The molecular weight excluding hydrogens is 463 g/mol. The lowest BCUT2D eigenvalue weighted by Gasteiger charge is -2.07. The molecular formula is C25H12Cl2N2O4. The van der Waals surface area contributed by atoms with E-state index in [0.29, 0.717) is 28.6 Å². The first-order chi connectivity index (χ1) is 16.0. The van der Waals surface area contributed by atoms with Gasteiger partial charge in [-0.15, -0.1) is 0 Å². The number of benzene rings is 2. The molecule has 0 N–H and O–H groups in total. The van der Waals surface area contributed by atoms with E-state index in [2.05, 4.69) is 4.98 Å². The molecule has 6 nitrogen and oxygen atoms in total. The van der Waals surface area contributed by atoms with Crippen LogP contribution < -0.4 is 0 Å². The first-order valence-corrected chi connectivity index (χ1v) is 10.7. The molecule has 1 aliphatic rings. The molecule has 5 aromatic rings. The molecule has 8 heteroatoms. The number of carbonyl (C=O) groups is 2. The number of allylic oxidation sites excluding steroid dienone is 1. The number of hydrogen-bond donors (Lipinski definition) is 0. The van der Waals surface area contributed by atoms with Crippen molar-refractivity contribution in [2.24, 2.45) is 0 Å². The third-order valence-electron chi connectivity index (χ3n) is 5.46. The van der Waals surface area contributed by atoms with Crippen molar-refractivity contribution < 1.29 is 18.4 Å². The Balaban J connectivity index is 1.54. The van der Waals surface area contributed by atoms with E-state index in [1.165, 1.54) is 12.1 Å². The van der Waals surface area contributed by atoms with Crippen molar-refractivity contribution in [3.8, 4) is 17.3 Å². The van der Waals surface area contributed by atoms with Crippen molar-refractivity contribution in [2.45, 2.75) is 0 Å². The van der Waals surface area contributed by atoms with Gasteiger partial charge < -0.3 is 8.83 Å². The van der Waals surface area contributed by atoms with Gasteiger partial charge in [0.05, 0.1) is 27.6 Å². The Morgan fingerprint density at radius 1 is 0.879 bits per heavy atom.